The minimum absolute atomic E-state index is 0.0293. The molecule has 1 atom stereocenters. The van der Waals surface area contributed by atoms with Gasteiger partial charge in [-0.1, -0.05) is 49.1 Å². The van der Waals surface area contributed by atoms with Crippen LogP contribution in [0.4, 0.5) is 10.5 Å². The first-order valence-electron chi connectivity index (χ1n) is 14.0. The number of urea groups is 1. The molecule has 1 fully saturated rings. The predicted molar refractivity (Wildman–Crippen MR) is 180 cm³/mol. The third kappa shape index (κ3) is 10.1. The van der Waals surface area contributed by atoms with Gasteiger partial charge in [0.15, 0.2) is 0 Å². The van der Waals surface area contributed by atoms with Crippen LogP contribution in [0.5, 0.6) is 0 Å². The fourth-order valence-electron chi connectivity index (χ4n) is 4.70. The lowest BCUT2D eigenvalue weighted by atomic mass is 9.93. The van der Waals surface area contributed by atoms with Crippen molar-refractivity contribution in [2.75, 3.05) is 38.5 Å². The fourth-order valence-corrected chi connectivity index (χ4v) is 4.87. The highest BCUT2D eigenvalue weighted by atomic mass is 35.5. The molecule has 0 radical (unpaired) electrons. The van der Waals surface area contributed by atoms with Crippen LogP contribution >= 0.6 is 11.6 Å². The molecule has 2 heterocycles. The molecular weight excluding hydrogens is 572 g/mol. The van der Waals surface area contributed by atoms with E-state index in [4.69, 9.17) is 22.1 Å². The van der Waals surface area contributed by atoms with E-state index < -0.39 is 0 Å². The number of rotatable bonds is 8. The molecule has 10 heteroatoms. The van der Waals surface area contributed by atoms with Gasteiger partial charge in [0.25, 0.3) is 0 Å². The Morgan fingerprint density at radius 2 is 1.89 bits per heavy atom. The number of hydrogen-bond acceptors (Lipinski definition) is 6. The van der Waals surface area contributed by atoms with Crippen LogP contribution in [0.3, 0.4) is 0 Å². The molecule has 9 nitrogen and oxygen atoms in total. The summed E-state index contributed by atoms with van der Waals surface area (Å²) < 4.78 is 2.07. The highest BCUT2D eigenvalue weighted by Crippen LogP contribution is 2.33. The zero-order valence-electron chi connectivity index (χ0n) is 25.5. The van der Waals surface area contributed by atoms with Crippen LogP contribution in [0.2, 0.25) is 5.02 Å². The number of carbonyl (C=O) groups is 1. The van der Waals surface area contributed by atoms with Gasteiger partial charge in [-0.3, -0.25) is 9.89 Å². The SMILES string of the molecule is C#N.C=C(Cn1ccnc1C)c1cc(Cl)ccc1C(/C=C/C)N1CCN(C(=O)Nc2ccc(C#N)cc2)CC1.C=CC=NC. The lowest BCUT2D eigenvalue weighted by Crippen LogP contribution is -2.50. The number of hydrogen-bond donors (Lipinski definition) is 1. The smallest absolute Gasteiger partial charge is 0.321 e. The third-order valence-electron chi connectivity index (χ3n) is 6.89. The first kappa shape index (κ1) is 35.2. The monoisotopic (exact) mass is 610 g/mol. The molecule has 1 aliphatic heterocycles. The number of imidazole rings is 1. The van der Waals surface area contributed by atoms with Crippen LogP contribution in [0.15, 0.2) is 91.2 Å². The highest BCUT2D eigenvalue weighted by Gasteiger charge is 2.27. The Labute approximate surface area is 265 Å². The maximum Gasteiger partial charge on any atom is 0.321 e. The minimum atomic E-state index is -0.136. The average molecular weight is 611 g/mol. The molecular formula is C34H39ClN8O. The van der Waals surface area contributed by atoms with E-state index in [-0.39, 0.29) is 12.1 Å². The van der Waals surface area contributed by atoms with Gasteiger partial charge in [-0.05, 0) is 66.9 Å². The van der Waals surface area contributed by atoms with Gasteiger partial charge in [-0.15, -0.1) is 0 Å². The molecule has 0 bridgehead atoms. The van der Waals surface area contributed by atoms with Gasteiger partial charge in [0, 0.05) is 75.7 Å². The van der Waals surface area contributed by atoms with Crippen molar-refractivity contribution in [2.45, 2.75) is 26.4 Å². The lowest BCUT2D eigenvalue weighted by Gasteiger charge is -2.39. The van der Waals surface area contributed by atoms with E-state index in [1.807, 2.05) is 37.1 Å². The average Bonchev–Trinajstić information content (AvgIpc) is 3.45. The summed E-state index contributed by atoms with van der Waals surface area (Å²) in [5, 5.41) is 19.1. The van der Waals surface area contributed by atoms with Crippen LogP contribution < -0.4 is 5.32 Å². The second-order valence-electron chi connectivity index (χ2n) is 9.69. The number of nitrogens with one attached hydrogen (secondary N) is 1. The molecule has 2 amide bonds. The van der Waals surface area contributed by atoms with Crippen LogP contribution in [0, 0.1) is 30.1 Å². The van der Waals surface area contributed by atoms with E-state index in [0.717, 1.165) is 35.6 Å². The normalized spacial score (nSPS) is 13.6. The van der Waals surface area contributed by atoms with Gasteiger partial charge in [0.1, 0.15) is 5.82 Å². The summed E-state index contributed by atoms with van der Waals surface area (Å²) in [7, 11) is 1.71. The molecule has 3 aromatic rings. The van der Waals surface area contributed by atoms with Gasteiger partial charge >= 0.3 is 6.03 Å². The number of halogens is 1. The summed E-state index contributed by atoms with van der Waals surface area (Å²) in [5.74, 6) is 0.935. The molecule has 1 unspecified atom stereocenters. The summed E-state index contributed by atoms with van der Waals surface area (Å²) in [6.07, 6.45) is 11.3. The molecule has 0 spiro atoms. The molecule has 1 aliphatic rings. The molecule has 2 aromatic carbocycles. The zero-order valence-corrected chi connectivity index (χ0v) is 26.3. The largest absolute Gasteiger partial charge is 0.331 e. The number of benzene rings is 2. The van der Waals surface area contributed by atoms with E-state index in [1.54, 1.807) is 49.8 Å². The van der Waals surface area contributed by atoms with Crippen LogP contribution in [-0.2, 0) is 6.54 Å². The maximum atomic E-state index is 12.8. The summed E-state index contributed by atoms with van der Waals surface area (Å²) in [6.45, 7) is 18.6. The first-order valence-corrected chi connectivity index (χ1v) is 14.4. The van der Waals surface area contributed by atoms with Crippen molar-refractivity contribution < 1.29 is 4.79 Å². The summed E-state index contributed by atoms with van der Waals surface area (Å²) in [4.78, 5) is 25.0. The van der Waals surface area contributed by atoms with Crippen LogP contribution in [0.1, 0.15) is 35.5 Å². The predicted octanol–water partition coefficient (Wildman–Crippen LogP) is 6.91. The maximum absolute atomic E-state index is 12.8. The number of aryl methyl sites for hydroxylation is 1. The van der Waals surface area contributed by atoms with E-state index in [2.05, 4.69) is 68.8 Å². The molecule has 228 valence electrons. The fraction of sp³-hybridized carbons (Fsp3) is 0.265. The Morgan fingerprint density at radius 1 is 1.20 bits per heavy atom. The van der Waals surface area contributed by atoms with Crippen molar-refractivity contribution in [1.82, 2.24) is 19.4 Å². The lowest BCUT2D eigenvalue weighted by molar-refractivity contribution is 0.128. The number of aliphatic imine (C=N–C) groups is 1. The molecule has 1 N–H and O–H groups in total. The number of allylic oxidation sites excluding steroid dienone is 3. The van der Waals surface area contributed by atoms with E-state index >= 15 is 0 Å². The van der Waals surface area contributed by atoms with Crippen molar-refractivity contribution in [2.24, 2.45) is 4.99 Å². The number of nitrogens with zero attached hydrogens (tertiary/aromatic N) is 7. The molecule has 1 saturated heterocycles. The topological polar surface area (TPSA) is 113 Å². The Bertz CT molecular complexity index is 1510. The van der Waals surface area contributed by atoms with Gasteiger partial charge in [-0.2, -0.15) is 5.26 Å². The Kier molecular flexibility index (Phi) is 14.9. The van der Waals surface area contributed by atoms with E-state index in [1.165, 1.54) is 0 Å². The first-order chi connectivity index (χ1) is 21.3. The molecule has 44 heavy (non-hydrogen) atoms. The third-order valence-corrected chi connectivity index (χ3v) is 7.12. The van der Waals surface area contributed by atoms with Crippen LogP contribution in [0.25, 0.3) is 5.57 Å². The Morgan fingerprint density at radius 3 is 2.41 bits per heavy atom. The second-order valence-corrected chi connectivity index (χ2v) is 10.1. The molecule has 0 saturated carbocycles. The van der Waals surface area contributed by atoms with Gasteiger partial charge in [0.05, 0.1) is 17.7 Å². The standard InChI is InChI=1S/C29H31ClN6O.C4H7N.CHN/c1-4-5-28(26-11-8-24(30)18-27(26)21(2)20-36-13-12-32-22(36)3)34-14-16-35(17-15-34)29(37)33-25-9-6-23(19-31)7-10-25;1-3-4-5-2;1-2/h4-13,18,28H,2,14-17,20H2,1,3H3,(H,33,37);3-4H,1H2,2H3;1H/b5-4+;;. The Balaban J connectivity index is 0.000000876. The zero-order chi connectivity index (χ0) is 32.5. The summed E-state index contributed by atoms with van der Waals surface area (Å²) in [5.41, 5.74) is 4.38. The molecule has 0 aliphatic carbocycles. The number of amides is 2. The Hall–Kier alpha value is -4.96. The van der Waals surface area contributed by atoms with Crippen LogP contribution in [-0.4, -0.2) is 64.8 Å². The van der Waals surface area contributed by atoms with Crippen molar-refractivity contribution in [3.05, 3.63) is 114 Å². The number of aromatic nitrogens is 2. The van der Waals surface area contributed by atoms with Crippen molar-refractivity contribution in [3.63, 3.8) is 0 Å². The highest BCUT2D eigenvalue weighted by molar-refractivity contribution is 6.30. The summed E-state index contributed by atoms with van der Waals surface area (Å²) >= 11 is 6.42. The van der Waals surface area contributed by atoms with Gasteiger partial charge in [-0.25, -0.2) is 15.0 Å². The van der Waals surface area contributed by atoms with E-state index in [9.17, 15) is 4.79 Å². The van der Waals surface area contributed by atoms with Crippen molar-refractivity contribution in [3.8, 4) is 12.6 Å². The molecule has 1 aromatic heterocycles. The van der Waals surface area contributed by atoms with Crippen molar-refractivity contribution in [1.29, 1.82) is 10.5 Å². The minimum Gasteiger partial charge on any atom is -0.331 e. The van der Waals surface area contributed by atoms with Crippen molar-refractivity contribution >= 4 is 35.1 Å². The molecule has 4 rings (SSSR count). The number of piperazine rings is 1. The number of nitriles is 2. The quantitative estimate of drug-likeness (QED) is 0.220. The van der Waals surface area contributed by atoms with Gasteiger partial charge in [0.2, 0.25) is 0 Å². The van der Waals surface area contributed by atoms with Gasteiger partial charge < -0.3 is 14.8 Å². The number of anilines is 1. The second kappa shape index (κ2) is 18.6. The number of carbonyl (C=O) groups excluding carboxylic acids is 1. The van der Waals surface area contributed by atoms with E-state index in [0.29, 0.717) is 35.9 Å². The summed E-state index contributed by atoms with van der Waals surface area (Å²) in [6, 6.07) is 14.9.